The molecule has 0 fully saturated rings. The second-order valence-corrected chi connectivity index (χ2v) is 5.82. The summed E-state index contributed by atoms with van der Waals surface area (Å²) in [7, 11) is 1.92. The van der Waals surface area contributed by atoms with Crippen LogP contribution in [0.25, 0.3) is 0 Å². The van der Waals surface area contributed by atoms with Crippen LogP contribution in [0.2, 0.25) is 0 Å². The highest BCUT2D eigenvalue weighted by Gasteiger charge is 2.18. The summed E-state index contributed by atoms with van der Waals surface area (Å²) in [6.07, 6.45) is 0. The Hall–Kier alpha value is -1.28. The van der Waals surface area contributed by atoms with Gasteiger partial charge in [-0.15, -0.1) is 0 Å². The van der Waals surface area contributed by atoms with Gasteiger partial charge < -0.3 is 10.1 Å². The number of likely N-dealkylation sites (N-methyl/N-ethyl adjacent to an activating group) is 1. The highest BCUT2D eigenvalue weighted by Crippen LogP contribution is 2.32. The fourth-order valence-corrected chi connectivity index (χ4v) is 1.85. The Kier molecular flexibility index (Phi) is 4.97. The van der Waals surface area contributed by atoms with Crippen LogP contribution in [-0.4, -0.2) is 20.2 Å². The third kappa shape index (κ3) is 4.19. The summed E-state index contributed by atoms with van der Waals surface area (Å²) in [5, 5.41) is 3.08. The van der Waals surface area contributed by atoms with Crippen molar-refractivity contribution in [1.29, 1.82) is 0 Å². The molecule has 0 atom stereocenters. The van der Waals surface area contributed by atoms with E-state index >= 15 is 0 Å². The Morgan fingerprint density at radius 2 is 2.00 bits per heavy atom. The van der Waals surface area contributed by atoms with Crippen LogP contribution < -0.4 is 10.1 Å². The Morgan fingerprint density at radius 1 is 1.33 bits per heavy atom. The molecule has 0 aliphatic heterocycles. The van der Waals surface area contributed by atoms with Crippen LogP contribution >= 0.6 is 0 Å². The molecule has 1 N–H and O–H groups in total. The van der Waals surface area contributed by atoms with Crippen molar-refractivity contribution in [1.82, 2.24) is 5.32 Å². The molecule has 2 nitrogen and oxygen atoms in total. The lowest BCUT2D eigenvalue weighted by molar-refractivity contribution is 0.338. The molecular weight excluding hydrogens is 222 g/mol. The molecule has 0 aliphatic rings. The van der Waals surface area contributed by atoms with Crippen LogP contribution in [0.5, 0.6) is 5.75 Å². The quantitative estimate of drug-likeness (QED) is 0.805. The molecule has 0 radical (unpaired) electrons. The fraction of sp³-hybridized carbons (Fsp3) is 0.500. The van der Waals surface area contributed by atoms with Crippen molar-refractivity contribution in [2.45, 2.75) is 33.1 Å². The van der Waals surface area contributed by atoms with Crippen molar-refractivity contribution in [3.8, 4) is 5.75 Å². The molecule has 1 aromatic carbocycles. The van der Waals surface area contributed by atoms with Gasteiger partial charge in [0.2, 0.25) is 0 Å². The summed E-state index contributed by atoms with van der Waals surface area (Å²) in [5.74, 6) is 0.972. The molecule has 0 unspecified atom stereocenters. The molecular formula is C16H25NO. The molecule has 0 amide bonds. The Balaban J connectivity index is 2.86. The fourth-order valence-electron chi connectivity index (χ4n) is 1.85. The van der Waals surface area contributed by atoms with Crippen LogP contribution in [-0.2, 0) is 5.41 Å². The number of hydrogen-bond acceptors (Lipinski definition) is 2. The zero-order valence-corrected chi connectivity index (χ0v) is 12.3. The summed E-state index contributed by atoms with van der Waals surface area (Å²) in [6.45, 7) is 14.0. The van der Waals surface area contributed by atoms with Crippen molar-refractivity contribution >= 4 is 0 Å². The third-order valence-corrected chi connectivity index (χ3v) is 2.80. The van der Waals surface area contributed by atoms with Crippen molar-refractivity contribution in [2.24, 2.45) is 0 Å². The van der Waals surface area contributed by atoms with Gasteiger partial charge in [0, 0.05) is 6.54 Å². The lowest BCUT2D eigenvalue weighted by Crippen LogP contribution is -2.17. The van der Waals surface area contributed by atoms with E-state index in [0.717, 1.165) is 17.9 Å². The summed E-state index contributed by atoms with van der Waals surface area (Å²) < 4.78 is 5.92. The predicted molar refractivity (Wildman–Crippen MR) is 78.4 cm³/mol. The van der Waals surface area contributed by atoms with Crippen molar-refractivity contribution in [3.63, 3.8) is 0 Å². The number of nitrogens with one attached hydrogen (secondary N) is 1. The molecule has 1 aromatic rings. The maximum Gasteiger partial charge on any atom is 0.123 e. The minimum atomic E-state index is 0.0906. The molecule has 0 saturated heterocycles. The van der Waals surface area contributed by atoms with Crippen molar-refractivity contribution in [3.05, 3.63) is 41.5 Å². The lowest BCUT2D eigenvalue weighted by Gasteiger charge is -2.23. The van der Waals surface area contributed by atoms with E-state index in [4.69, 9.17) is 4.74 Å². The second kappa shape index (κ2) is 6.05. The summed E-state index contributed by atoms with van der Waals surface area (Å²) >= 11 is 0. The predicted octanol–water partition coefficient (Wildman–Crippen LogP) is 3.45. The van der Waals surface area contributed by atoms with E-state index in [9.17, 15) is 0 Å². The average Bonchev–Trinajstić information content (AvgIpc) is 2.25. The zero-order chi connectivity index (χ0) is 13.8. The van der Waals surface area contributed by atoms with Gasteiger partial charge in [0.25, 0.3) is 0 Å². The van der Waals surface area contributed by atoms with E-state index in [0.29, 0.717) is 6.61 Å². The molecule has 0 aliphatic carbocycles. The zero-order valence-electron chi connectivity index (χ0n) is 12.3. The number of rotatable bonds is 5. The lowest BCUT2D eigenvalue weighted by atomic mass is 9.86. The molecule has 100 valence electrons. The normalized spacial score (nSPS) is 11.4. The number of benzene rings is 1. The molecule has 1 rings (SSSR count). The molecule has 2 heteroatoms. The third-order valence-electron chi connectivity index (χ3n) is 2.80. The minimum absolute atomic E-state index is 0.0906. The van der Waals surface area contributed by atoms with Crippen LogP contribution in [0.15, 0.2) is 30.4 Å². The van der Waals surface area contributed by atoms with Crippen molar-refractivity contribution in [2.75, 3.05) is 20.2 Å². The first kappa shape index (κ1) is 14.8. The topological polar surface area (TPSA) is 21.3 Å². The number of ether oxygens (including phenoxy) is 1. The summed E-state index contributed by atoms with van der Waals surface area (Å²) in [5.41, 5.74) is 3.61. The maximum atomic E-state index is 5.92. The Bertz CT molecular complexity index is 416. The van der Waals surface area contributed by atoms with Crippen LogP contribution in [0.4, 0.5) is 0 Å². The molecule has 0 spiro atoms. The summed E-state index contributed by atoms with van der Waals surface area (Å²) in [6, 6.07) is 6.40. The van der Waals surface area contributed by atoms with Crippen LogP contribution in [0.3, 0.4) is 0 Å². The van der Waals surface area contributed by atoms with Gasteiger partial charge >= 0.3 is 0 Å². The largest absolute Gasteiger partial charge is 0.489 e. The van der Waals surface area contributed by atoms with Gasteiger partial charge in [-0.25, -0.2) is 0 Å². The molecule has 0 saturated carbocycles. The van der Waals surface area contributed by atoms with E-state index in [2.05, 4.69) is 57.8 Å². The first-order valence-corrected chi connectivity index (χ1v) is 6.40. The van der Waals surface area contributed by atoms with E-state index < -0.39 is 0 Å². The van der Waals surface area contributed by atoms with E-state index in [-0.39, 0.29) is 5.41 Å². The highest BCUT2D eigenvalue weighted by atomic mass is 16.5. The monoisotopic (exact) mass is 247 g/mol. The van der Waals surface area contributed by atoms with Gasteiger partial charge in [-0.05, 0) is 42.2 Å². The van der Waals surface area contributed by atoms with Crippen LogP contribution in [0, 0.1) is 6.92 Å². The first-order chi connectivity index (χ1) is 8.34. The van der Waals surface area contributed by atoms with Gasteiger partial charge in [-0.1, -0.05) is 39.5 Å². The number of hydrogen-bond donors (Lipinski definition) is 1. The smallest absolute Gasteiger partial charge is 0.123 e. The molecule has 0 heterocycles. The average molecular weight is 247 g/mol. The number of aryl methyl sites for hydroxylation is 1. The van der Waals surface area contributed by atoms with Gasteiger partial charge in [-0.3, -0.25) is 0 Å². The van der Waals surface area contributed by atoms with E-state index in [1.165, 1.54) is 11.1 Å². The molecule has 0 aromatic heterocycles. The Labute approximate surface area is 111 Å². The summed E-state index contributed by atoms with van der Waals surface area (Å²) in [4.78, 5) is 0. The second-order valence-electron chi connectivity index (χ2n) is 5.82. The van der Waals surface area contributed by atoms with Gasteiger partial charge in [0.05, 0.1) is 0 Å². The molecule has 18 heavy (non-hydrogen) atoms. The Morgan fingerprint density at radius 3 is 2.56 bits per heavy atom. The van der Waals surface area contributed by atoms with Gasteiger partial charge in [0.1, 0.15) is 12.4 Å². The van der Waals surface area contributed by atoms with Crippen LogP contribution in [0.1, 0.15) is 31.9 Å². The van der Waals surface area contributed by atoms with E-state index in [1.807, 2.05) is 7.05 Å². The first-order valence-electron chi connectivity index (χ1n) is 6.40. The maximum absolute atomic E-state index is 5.92. The van der Waals surface area contributed by atoms with E-state index in [1.54, 1.807) is 0 Å². The standard InChI is InChI=1S/C16H25NO/c1-12-7-8-14(16(3,4)5)15(9-12)18-11-13(2)10-17-6/h7-9,17H,2,10-11H2,1,3-6H3. The minimum Gasteiger partial charge on any atom is -0.489 e. The SMILES string of the molecule is C=C(CNC)COc1cc(C)ccc1C(C)(C)C. The molecule has 0 bridgehead atoms. The highest BCUT2D eigenvalue weighted by molar-refractivity contribution is 5.41. The van der Waals surface area contributed by atoms with Gasteiger partial charge in [0.15, 0.2) is 0 Å². The van der Waals surface area contributed by atoms with Crippen molar-refractivity contribution < 1.29 is 4.74 Å². The van der Waals surface area contributed by atoms with Gasteiger partial charge in [-0.2, -0.15) is 0 Å².